The number of carbonyl (C=O) groups is 1. The van der Waals surface area contributed by atoms with Crippen molar-refractivity contribution in [3.8, 4) is 11.8 Å². The number of sulfonamides is 1. The molecular formula is C31H26ClF2N3O4S. The highest BCUT2D eigenvalue weighted by Gasteiger charge is 2.34. The summed E-state index contributed by atoms with van der Waals surface area (Å²) in [5, 5.41) is 12.0. The Hall–Kier alpha value is -4.46. The van der Waals surface area contributed by atoms with Crippen molar-refractivity contribution in [2.75, 3.05) is 17.5 Å². The Morgan fingerprint density at radius 1 is 1.02 bits per heavy atom. The average Bonchev–Trinajstić information content (AvgIpc) is 2.99. The molecule has 42 heavy (non-hydrogen) atoms. The van der Waals surface area contributed by atoms with Gasteiger partial charge in [0.05, 0.1) is 34.9 Å². The van der Waals surface area contributed by atoms with E-state index in [1.165, 1.54) is 24.3 Å². The first-order valence-electron chi connectivity index (χ1n) is 12.9. The predicted octanol–water partition coefficient (Wildman–Crippen LogP) is 6.65. The Balaban J connectivity index is 1.53. The lowest BCUT2D eigenvalue weighted by atomic mass is 10.1. The number of nitriles is 1. The summed E-state index contributed by atoms with van der Waals surface area (Å²) >= 11 is 5.95. The smallest absolute Gasteiger partial charge is 0.264 e. The second kappa shape index (κ2) is 13.5. The van der Waals surface area contributed by atoms with Crippen molar-refractivity contribution >= 4 is 33.2 Å². The van der Waals surface area contributed by atoms with Gasteiger partial charge in [-0.25, -0.2) is 17.2 Å². The zero-order valence-electron chi connectivity index (χ0n) is 22.4. The number of ether oxygens (including phenoxy) is 1. The maximum absolute atomic E-state index is 15.0. The van der Waals surface area contributed by atoms with Crippen molar-refractivity contribution in [1.29, 1.82) is 5.26 Å². The molecule has 0 spiro atoms. The fourth-order valence-electron chi connectivity index (χ4n) is 4.26. The molecule has 1 atom stereocenters. The van der Waals surface area contributed by atoms with Gasteiger partial charge in [0.1, 0.15) is 17.4 Å². The number of hydrogen-bond acceptors (Lipinski definition) is 5. The van der Waals surface area contributed by atoms with Crippen LogP contribution in [0.5, 0.6) is 5.75 Å². The maximum atomic E-state index is 15.0. The van der Waals surface area contributed by atoms with E-state index in [0.717, 1.165) is 22.5 Å². The summed E-state index contributed by atoms with van der Waals surface area (Å²) < 4.78 is 63.8. The van der Waals surface area contributed by atoms with Gasteiger partial charge in [0, 0.05) is 28.8 Å². The minimum Gasteiger partial charge on any atom is -0.493 e. The van der Waals surface area contributed by atoms with Crippen LogP contribution in [0.4, 0.5) is 14.5 Å². The summed E-state index contributed by atoms with van der Waals surface area (Å²) in [4.78, 5) is 12.2. The van der Waals surface area contributed by atoms with Gasteiger partial charge in [0.15, 0.2) is 0 Å². The molecule has 0 aromatic heterocycles. The highest BCUT2D eigenvalue weighted by Crippen LogP contribution is 2.38. The summed E-state index contributed by atoms with van der Waals surface area (Å²) in [6, 6.07) is 21.9. The maximum Gasteiger partial charge on any atom is 0.264 e. The molecule has 4 rings (SSSR count). The number of para-hydroxylation sites is 1. The van der Waals surface area contributed by atoms with E-state index in [4.69, 9.17) is 21.6 Å². The van der Waals surface area contributed by atoms with E-state index in [-0.39, 0.29) is 17.4 Å². The highest BCUT2D eigenvalue weighted by atomic mass is 35.5. The van der Waals surface area contributed by atoms with E-state index in [1.807, 2.05) is 6.07 Å². The van der Waals surface area contributed by atoms with Gasteiger partial charge in [-0.3, -0.25) is 9.10 Å². The zero-order valence-corrected chi connectivity index (χ0v) is 24.0. The molecule has 0 saturated carbocycles. The Kier molecular flexibility index (Phi) is 9.78. The van der Waals surface area contributed by atoms with E-state index in [2.05, 4.69) is 5.32 Å². The molecule has 0 radical (unpaired) electrons. The Morgan fingerprint density at radius 2 is 1.71 bits per heavy atom. The summed E-state index contributed by atoms with van der Waals surface area (Å²) in [5.41, 5.74) is 0.825. The third-order valence-electron chi connectivity index (χ3n) is 6.38. The summed E-state index contributed by atoms with van der Waals surface area (Å²) in [5.74, 6) is -1.68. The highest BCUT2D eigenvalue weighted by molar-refractivity contribution is 7.92. The van der Waals surface area contributed by atoms with Crippen LogP contribution in [0.2, 0.25) is 5.02 Å². The van der Waals surface area contributed by atoms with Gasteiger partial charge in [-0.05, 0) is 80.1 Å². The lowest BCUT2D eigenvalue weighted by Crippen LogP contribution is -2.34. The minimum atomic E-state index is -4.40. The normalized spacial score (nSPS) is 11.8. The Bertz CT molecular complexity index is 1710. The summed E-state index contributed by atoms with van der Waals surface area (Å²) in [6.45, 7) is 2.02. The first-order valence-corrected chi connectivity index (χ1v) is 14.7. The lowest BCUT2D eigenvalue weighted by Gasteiger charge is -2.32. The summed E-state index contributed by atoms with van der Waals surface area (Å²) in [6.07, 6.45) is 0.427. The zero-order chi connectivity index (χ0) is 30.3. The van der Waals surface area contributed by atoms with Gasteiger partial charge in [-0.2, -0.15) is 5.26 Å². The van der Waals surface area contributed by atoms with Crippen LogP contribution in [-0.4, -0.2) is 27.5 Å². The second-order valence-electron chi connectivity index (χ2n) is 9.21. The third-order valence-corrected chi connectivity index (χ3v) is 8.53. The number of rotatable bonds is 11. The first kappa shape index (κ1) is 30.5. The van der Waals surface area contributed by atoms with Gasteiger partial charge >= 0.3 is 0 Å². The van der Waals surface area contributed by atoms with Crippen LogP contribution < -0.4 is 14.4 Å². The topological polar surface area (TPSA) is 99.5 Å². The SMILES string of the molecule is CC(c1ccccc1OCCCNC(=O)c1ccc(C#N)cc1)N(c1cc(F)ccc1F)S(=O)(=O)c1ccc(Cl)cc1. The van der Waals surface area contributed by atoms with Gasteiger partial charge in [-0.1, -0.05) is 29.8 Å². The van der Waals surface area contributed by atoms with Gasteiger partial charge in [0.25, 0.3) is 15.9 Å². The number of anilines is 1. The molecule has 0 aliphatic carbocycles. The van der Waals surface area contributed by atoms with Gasteiger partial charge in [0.2, 0.25) is 0 Å². The van der Waals surface area contributed by atoms with E-state index in [1.54, 1.807) is 55.5 Å². The quantitative estimate of drug-likeness (QED) is 0.192. The molecule has 0 saturated heterocycles. The van der Waals surface area contributed by atoms with Crippen molar-refractivity contribution in [2.24, 2.45) is 0 Å². The molecule has 0 aliphatic rings. The second-order valence-corrected chi connectivity index (χ2v) is 11.5. The fourth-order valence-corrected chi connectivity index (χ4v) is 6.02. The Morgan fingerprint density at radius 3 is 2.40 bits per heavy atom. The standard InChI is InChI=1S/C31H26ClF2N3O4S/c1-21(37(29-19-25(33)13-16-28(29)34)42(39,40)26-14-11-24(32)12-15-26)27-5-2-3-6-30(27)41-18-4-17-36-31(38)23-9-7-22(20-35)8-10-23/h2-3,5-16,19,21H,4,17-18H2,1H3,(H,36,38). The van der Waals surface area contributed by atoms with Crippen molar-refractivity contribution in [1.82, 2.24) is 5.32 Å². The molecule has 0 bridgehead atoms. The molecule has 1 unspecified atom stereocenters. The van der Waals surface area contributed by atoms with Crippen LogP contribution in [0, 0.1) is 23.0 Å². The van der Waals surface area contributed by atoms with E-state index in [9.17, 15) is 17.6 Å². The van der Waals surface area contributed by atoms with E-state index < -0.39 is 33.4 Å². The molecule has 11 heteroatoms. The largest absolute Gasteiger partial charge is 0.493 e. The van der Waals surface area contributed by atoms with Crippen LogP contribution >= 0.6 is 11.6 Å². The summed E-state index contributed by atoms with van der Waals surface area (Å²) in [7, 11) is -4.40. The molecule has 0 aliphatic heterocycles. The average molecular weight is 610 g/mol. The monoisotopic (exact) mass is 609 g/mol. The van der Waals surface area contributed by atoms with Gasteiger partial charge in [-0.15, -0.1) is 0 Å². The molecule has 4 aromatic carbocycles. The number of benzene rings is 4. The number of nitrogens with zero attached hydrogens (tertiary/aromatic N) is 2. The van der Waals surface area contributed by atoms with Crippen molar-refractivity contribution < 1.29 is 26.7 Å². The number of halogens is 3. The molecule has 7 nitrogen and oxygen atoms in total. The minimum absolute atomic E-state index is 0.154. The first-order chi connectivity index (χ1) is 20.1. The van der Waals surface area contributed by atoms with Crippen molar-refractivity contribution in [3.05, 3.63) is 124 Å². The van der Waals surface area contributed by atoms with E-state index in [0.29, 0.717) is 40.4 Å². The Labute approximate surface area is 248 Å². The fraction of sp³-hybridized carbons (Fsp3) is 0.161. The van der Waals surface area contributed by atoms with Crippen LogP contribution in [0.25, 0.3) is 0 Å². The van der Waals surface area contributed by atoms with Crippen molar-refractivity contribution in [2.45, 2.75) is 24.3 Å². The molecular weight excluding hydrogens is 584 g/mol. The number of amides is 1. The number of nitrogens with one attached hydrogen (secondary N) is 1. The molecule has 0 fully saturated rings. The molecule has 1 amide bonds. The molecule has 0 heterocycles. The van der Waals surface area contributed by atoms with Crippen LogP contribution in [0.3, 0.4) is 0 Å². The van der Waals surface area contributed by atoms with Crippen LogP contribution in [-0.2, 0) is 10.0 Å². The molecule has 216 valence electrons. The van der Waals surface area contributed by atoms with Crippen LogP contribution in [0.1, 0.15) is 40.9 Å². The predicted molar refractivity (Wildman–Crippen MR) is 156 cm³/mol. The molecule has 4 aromatic rings. The number of carbonyl (C=O) groups excluding carboxylic acids is 1. The van der Waals surface area contributed by atoms with Crippen molar-refractivity contribution in [3.63, 3.8) is 0 Å². The van der Waals surface area contributed by atoms with E-state index >= 15 is 4.39 Å². The number of hydrogen-bond donors (Lipinski definition) is 1. The lowest BCUT2D eigenvalue weighted by molar-refractivity contribution is 0.0951. The third kappa shape index (κ3) is 7.05. The molecule has 1 N–H and O–H groups in total. The van der Waals surface area contributed by atoms with Crippen LogP contribution in [0.15, 0.2) is 95.9 Å². The van der Waals surface area contributed by atoms with Gasteiger partial charge < -0.3 is 10.1 Å².